The quantitative estimate of drug-likeness (QED) is 0.699. The number of ketones is 2. The molecule has 0 saturated carbocycles. The average Bonchev–Trinajstić information content (AvgIpc) is 2.31. The van der Waals surface area contributed by atoms with Crippen LogP contribution in [0.2, 0.25) is 0 Å². The molecule has 0 saturated heterocycles. The Hall–Kier alpha value is -1.23. The number of nitrogens with two attached hydrogens (primary N) is 1. The number of carbonyl (C=O) groups is 2. The maximum Gasteiger partial charge on any atom is 0.181 e. The fourth-order valence-corrected chi connectivity index (χ4v) is 1.59. The molecule has 12 heavy (non-hydrogen) atoms. The van der Waals surface area contributed by atoms with Crippen LogP contribution >= 0.6 is 11.3 Å². The summed E-state index contributed by atoms with van der Waals surface area (Å²) in [5.41, 5.74) is 5.54. The number of thiazole rings is 1. The molecule has 0 aromatic carbocycles. The van der Waals surface area contributed by atoms with E-state index in [9.17, 15) is 9.59 Å². The van der Waals surface area contributed by atoms with Crippen LogP contribution in [-0.4, -0.2) is 16.6 Å². The van der Waals surface area contributed by atoms with Crippen LogP contribution in [0.15, 0.2) is 0 Å². The lowest BCUT2D eigenvalue weighted by Gasteiger charge is -1.89. The second kappa shape index (κ2) is 3.02. The lowest BCUT2D eigenvalue weighted by atomic mass is 10.2. The van der Waals surface area contributed by atoms with Crippen LogP contribution < -0.4 is 5.73 Å². The Bertz CT molecular complexity index is 312. The molecule has 1 rings (SSSR count). The van der Waals surface area contributed by atoms with Gasteiger partial charge in [-0.2, -0.15) is 0 Å². The Morgan fingerprint density at radius 1 is 1.33 bits per heavy atom. The van der Waals surface area contributed by atoms with Crippen LogP contribution in [-0.2, 0) is 0 Å². The number of nitrogen functional groups attached to an aromatic ring is 1. The number of rotatable bonds is 2. The Labute approximate surface area is 73.4 Å². The summed E-state index contributed by atoms with van der Waals surface area (Å²) in [6, 6.07) is 0. The molecule has 0 aliphatic heterocycles. The first kappa shape index (κ1) is 8.86. The molecule has 1 heterocycles. The van der Waals surface area contributed by atoms with Crippen molar-refractivity contribution in [2.24, 2.45) is 0 Å². The van der Waals surface area contributed by atoms with Gasteiger partial charge in [-0.3, -0.25) is 9.59 Å². The van der Waals surface area contributed by atoms with E-state index < -0.39 is 0 Å². The number of anilines is 1. The highest BCUT2D eigenvalue weighted by Crippen LogP contribution is 2.20. The van der Waals surface area contributed by atoms with Gasteiger partial charge in [0.1, 0.15) is 10.6 Å². The monoisotopic (exact) mass is 184 g/mol. The summed E-state index contributed by atoms with van der Waals surface area (Å²) in [6.45, 7) is 2.75. The van der Waals surface area contributed by atoms with Gasteiger partial charge in [0.2, 0.25) is 0 Å². The average molecular weight is 184 g/mol. The number of hydrogen-bond donors (Lipinski definition) is 1. The van der Waals surface area contributed by atoms with E-state index in [0.29, 0.717) is 4.88 Å². The summed E-state index contributed by atoms with van der Waals surface area (Å²) in [6.07, 6.45) is 0. The smallest absolute Gasteiger partial charge is 0.181 e. The summed E-state index contributed by atoms with van der Waals surface area (Å²) in [5, 5.41) is 0.255. The molecule has 5 heteroatoms. The van der Waals surface area contributed by atoms with Gasteiger partial charge >= 0.3 is 0 Å². The first-order valence-electron chi connectivity index (χ1n) is 3.30. The number of carbonyl (C=O) groups excluding carboxylic acids is 2. The molecular weight excluding hydrogens is 176 g/mol. The van der Waals surface area contributed by atoms with Gasteiger partial charge in [0.25, 0.3) is 0 Å². The zero-order chi connectivity index (χ0) is 9.30. The largest absolute Gasteiger partial charge is 0.375 e. The normalized spacial score (nSPS) is 9.83. The van der Waals surface area contributed by atoms with Gasteiger partial charge < -0.3 is 5.73 Å². The zero-order valence-corrected chi connectivity index (χ0v) is 7.57. The molecule has 0 aliphatic carbocycles. The number of hydrogen-bond acceptors (Lipinski definition) is 5. The van der Waals surface area contributed by atoms with Crippen LogP contribution in [0.5, 0.6) is 0 Å². The Balaban J connectivity index is 3.26. The molecule has 0 radical (unpaired) electrons. The van der Waals surface area contributed by atoms with Crippen molar-refractivity contribution >= 4 is 28.0 Å². The van der Waals surface area contributed by atoms with Gasteiger partial charge in [-0.1, -0.05) is 11.3 Å². The molecule has 0 amide bonds. The van der Waals surface area contributed by atoms with E-state index >= 15 is 0 Å². The fraction of sp³-hybridized carbons (Fsp3) is 0.286. The maximum absolute atomic E-state index is 10.9. The fourth-order valence-electron chi connectivity index (χ4n) is 0.814. The van der Waals surface area contributed by atoms with E-state index in [-0.39, 0.29) is 22.4 Å². The molecule has 1 aromatic rings. The Morgan fingerprint density at radius 3 is 2.25 bits per heavy atom. The highest BCUT2D eigenvalue weighted by Gasteiger charge is 2.16. The lowest BCUT2D eigenvalue weighted by Crippen LogP contribution is -2.00. The van der Waals surface area contributed by atoms with E-state index in [2.05, 4.69) is 4.98 Å². The zero-order valence-electron chi connectivity index (χ0n) is 6.75. The molecule has 0 aliphatic rings. The summed E-state index contributed by atoms with van der Waals surface area (Å²) in [4.78, 5) is 26.0. The van der Waals surface area contributed by atoms with Crippen LogP contribution in [0.25, 0.3) is 0 Å². The van der Waals surface area contributed by atoms with E-state index in [0.717, 1.165) is 11.3 Å². The van der Waals surface area contributed by atoms with Crippen molar-refractivity contribution in [3.63, 3.8) is 0 Å². The minimum Gasteiger partial charge on any atom is -0.375 e. The van der Waals surface area contributed by atoms with Crippen molar-refractivity contribution < 1.29 is 9.59 Å². The first-order chi connectivity index (χ1) is 5.52. The molecule has 0 atom stereocenters. The SMILES string of the molecule is CC(=O)c1nc(N)sc1C(C)=O. The lowest BCUT2D eigenvalue weighted by molar-refractivity contribution is 0.0981. The molecular formula is C7H8N2O2S. The molecule has 64 valence electrons. The highest BCUT2D eigenvalue weighted by molar-refractivity contribution is 7.17. The van der Waals surface area contributed by atoms with Crippen molar-refractivity contribution in [2.75, 3.05) is 5.73 Å². The standard InChI is InChI=1S/C7H8N2O2S/c1-3(10)5-6(4(2)11)12-7(8)9-5/h1-2H3,(H2,8,9). The molecule has 0 fully saturated rings. The first-order valence-corrected chi connectivity index (χ1v) is 4.12. The van der Waals surface area contributed by atoms with Crippen LogP contribution in [0.1, 0.15) is 34.0 Å². The molecule has 0 unspecified atom stereocenters. The van der Waals surface area contributed by atoms with Crippen molar-refractivity contribution in [2.45, 2.75) is 13.8 Å². The van der Waals surface area contributed by atoms with Crippen molar-refractivity contribution in [1.29, 1.82) is 0 Å². The Morgan fingerprint density at radius 2 is 1.92 bits per heavy atom. The van der Waals surface area contributed by atoms with Gasteiger partial charge in [-0.15, -0.1) is 0 Å². The summed E-state index contributed by atoms with van der Waals surface area (Å²) in [7, 11) is 0. The van der Waals surface area contributed by atoms with E-state index in [1.807, 2.05) is 0 Å². The molecule has 0 spiro atoms. The van der Waals surface area contributed by atoms with Gasteiger partial charge in [-0.05, 0) is 0 Å². The minimum absolute atomic E-state index is 0.172. The maximum atomic E-state index is 10.9. The van der Waals surface area contributed by atoms with Crippen LogP contribution in [0.3, 0.4) is 0 Å². The van der Waals surface area contributed by atoms with E-state index in [1.165, 1.54) is 13.8 Å². The summed E-state index contributed by atoms with van der Waals surface area (Å²) >= 11 is 1.05. The second-order valence-electron chi connectivity index (χ2n) is 2.34. The van der Waals surface area contributed by atoms with Crippen molar-refractivity contribution in [1.82, 2.24) is 4.98 Å². The third kappa shape index (κ3) is 1.50. The number of nitrogens with zero attached hydrogens (tertiary/aromatic N) is 1. The van der Waals surface area contributed by atoms with Crippen molar-refractivity contribution in [3.05, 3.63) is 10.6 Å². The van der Waals surface area contributed by atoms with E-state index in [1.54, 1.807) is 0 Å². The summed E-state index contributed by atoms with van der Waals surface area (Å²) < 4.78 is 0. The second-order valence-corrected chi connectivity index (χ2v) is 3.37. The van der Waals surface area contributed by atoms with Gasteiger partial charge in [-0.25, -0.2) is 4.98 Å². The van der Waals surface area contributed by atoms with Gasteiger partial charge in [0.05, 0.1) is 0 Å². The third-order valence-electron chi connectivity index (χ3n) is 1.30. The van der Waals surface area contributed by atoms with Gasteiger partial charge in [0, 0.05) is 13.8 Å². The predicted molar refractivity (Wildman–Crippen MR) is 46.5 cm³/mol. The highest BCUT2D eigenvalue weighted by atomic mass is 32.1. The molecule has 0 bridgehead atoms. The number of aromatic nitrogens is 1. The van der Waals surface area contributed by atoms with Gasteiger partial charge in [0.15, 0.2) is 16.7 Å². The minimum atomic E-state index is -0.229. The number of Topliss-reactive ketones (excluding diaryl/α,β-unsaturated/α-hetero) is 2. The van der Waals surface area contributed by atoms with Crippen LogP contribution in [0, 0.1) is 0 Å². The Kier molecular flexibility index (Phi) is 2.23. The molecule has 1 aromatic heterocycles. The third-order valence-corrected chi connectivity index (χ3v) is 2.28. The predicted octanol–water partition coefficient (Wildman–Crippen LogP) is 1.13. The summed E-state index contributed by atoms with van der Waals surface area (Å²) in [5.74, 6) is -0.400. The van der Waals surface area contributed by atoms with Crippen molar-refractivity contribution in [3.8, 4) is 0 Å². The molecule has 2 N–H and O–H groups in total. The van der Waals surface area contributed by atoms with E-state index in [4.69, 9.17) is 5.73 Å². The molecule has 4 nitrogen and oxygen atoms in total. The topological polar surface area (TPSA) is 73.1 Å². The van der Waals surface area contributed by atoms with Crippen LogP contribution in [0.4, 0.5) is 5.13 Å².